The fraction of sp³-hybridized carbons (Fsp3) is 0.400. The lowest BCUT2D eigenvalue weighted by Gasteiger charge is -2.22. The molecule has 0 amide bonds. The Hall–Kier alpha value is -2.59. The first-order chi connectivity index (χ1) is 14.0. The second-order valence-electron chi connectivity index (χ2n) is 8.53. The number of aryl methyl sites for hydroxylation is 2. The van der Waals surface area contributed by atoms with E-state index in [-0.39, 0.29) is 17.2 Å². The van der Waals surface area contributed by atoms with Crippen molar-refractivity contribution in [2.75, 3.05) is 0 Å². The monoisotopic (exact) mass is 390 g/mol. The smallest absolute Gasteiger partial charge is 0.255 e. The zero-order chi connectivity index (χ0) is 20.3. The van der Waals surface area contributed by atoms with Gasteiger partial charge in [-0.25, -0.2) is 0 Å². The van der Waals surface area contributed by atoms with Crippen LogP contribution in [0.25, 0.3) is 10.8 Å². The van der Waals surface area contributed by atoms with Crippen molar-refractivity contribution in [2.45, 2.75) is 63.5 Å². The molecule has 1 saturated carbocycles. The van der Waals surface area contributed by atoms with Gasteiger partial charge in [0.25, 0.3) is 5.56 Å². The average Bonchev–Trinajstić information content (AvgIpc) is 3.46. The predicted molar refractivity (Wildman–Crippen MR) is 118 cm³/mol. The van der Waals surface area contributed by atoms with E-state index >= 15 is 0 Å². The minimum absolute atomic E-state index is 0.0345. The summed E-state index contributed by atoms with van der Waals surface area (Å²) in [5.41, 5.74) is 8.67. The van der Waals surface area contributed by atoms with E-state index in [4.69, 9.17) is 10.5 Å². The van der Waals surface area contributed by atoms with Crippen LogP contribution in [0, 0.1) is 6.92 Å². The molecular formula is C25H30N2O2. The third kappa shape index (κ3) is 5.07. The van der Waals surface area contributed by atoms with Crippen molar-refractivity contribution >= 4 is 10.8 Å². The van der Waals surface area contributed by atoms with E-state index in [1.807, 2.05) is 25.1 Å². The molecule has 152 valence electrons. The first-order valence-electron chi connectivity index (χ1n) is 10.6. The Balaban J connectivity index is 1.47. The van der Waals surface area contributed by atoms with E-state index in [0.717, 1.165) is 61.6 Å². The molecule has 29 heavy (non-hydrogen) atoms. The van der Waals surface area contributed by atoms with Crippen LogP contribution in [0.1, 0.15) is 49.7 Å². The summed E-state index contributed by atoms with van der Waals surface area (Å²) in [6.45, 7) is 2.01. The largest absolute Gasteiger partial charge is 0.490 e. The van der Waals surface area contributed by atoms with Crippen LogP contribution in [0.3, 0.4) is 0 Å². The van der Waals surface area contributed by atoms with Gasteiger partial charge in [-0.05, 0) is 86.6 Å². The number of hydrogen-bond donors (Lipinski definition) is 2. The van der Waals surface area contributed by atoms with Crippen molar-refractivity contribution in [3.05, 3.63) is 76.2 Å². The molecule has 1 aliphatic rings. The van der Waals surface area contributed by atoms with Crippen LogP contribution in [0.5, 0.6) is 5.75 Å². The number of ether oxygens (including phenoxy) is 1. The fourth-order valence-corrected chi connectivity index (χ4v) is 3.93. The maximum absolute atomic E-state index is 12.1. The molecule has 1 heterocycles. The zero-order valence-corrected chi connectivity index (χ0v) is 17.1. The highest BCUT2D eigenvalue weighted by molar-refractivity contribution is 5.83. The molecule has 1 fully saturated rings. The maximum atomic E-state index is 12.1. The van der Waals surface area contributed by atoms with E-state index in [1.54, 1.807) is 6.20 Å². The van der Waals surface area contributed by atoms with Crippen LogP contribution in [-0.4, -0.2) is 16.6 Å². The molecule has 2 aromatic carbocycles. The maximum Gasteiger partial charge on any atom is 0.255 e. The Morgan fingerprint density at radius 2 is 1.93 bits per heavy atom. The number of hydrogen-bond acceptors (Lipinski definition) is 3. The van der Waals surface area contributed by atoms with Crippen LogP contribution in [0.4, 0.5) is 0 Å². The Kier molecular flexibility index (Phi) is 5.72. The minimum atomic E-state index is -0.0598. The molecule has 1 aliphatic carbocycles. The fourth-order valence-electron chi connectivity index (χ4n) is 3.93. The van der Waals surface area contributed by atoms with Crippen LogP contribution in [-0.2, 0) is 6.42 Å². The van der Waals surface area contributed by atoms with Crippen molar-refractivity contribution in [2.24, 2.45) is 5.73 Å². The minimum Gasteiger partial charge on any atom is -0.490 e. The van der Waals surface area contributed by atoms with Crippen LogP contribution < -0.4 is 16.0 Å². The van der Waals surface area contributed by atoms with Gasteiger partial charge in [0, 0.05) is 17.1 Å². The number of nitrogens with one attached hydrogen (secondary N) is 1. The summed E-state index contributed by atoms with van der Waals surface area (Å²) in [6.07, 6.45) is 9.19. The van der Waals surface area contributed by atoms with E-state index in [1.165, 1.54) is 5.56 Å². The summed E-state index contributed by atoms with van der Waals surface area (Å²) < 4.78 is 6.49. The number of fused-ring (bicyclic) bond motifs is 1. The van der Waals surface area contributed by atoms with Gasteiger partial charge in [0.1, 0.15) is 5.75 Å². The van der Waals surface area contributed by atoms with Gasteiger partial charge in [-0.15, -0.1) is 0 Å². The van der Waals surface area contributed by atoms with Gasteiger partial charge in [0.05, 0.1) is 6.10 Å². The summed E-state index contributed by atoms with van der Waals surface area (Å²) in [4.78, 5) is 14.8. The number of nitrogens with two attached hydrogens (primary N) is 1. The normalized spacial score (nSPS) is 15.9. The molecule has 0 bridgehead atoms. The first kappa shape index (κ1) is 19.7. The average molecular weight is 391 g/mol. The van der Waals surface area contributed by atoms with Crippen molar-refractivity contribution in [1.82, 2.24) is 4.98 Å². The molecule has 4 heteroatoms. The van der Waals surface area contributed by atoms with Gasteiger partial charge < -0.3 is 15.5 Å². The molecule has 1 atom stereocenters. The molecule has 0 aliphatic heterocycles. The van der Waals surface area contributed by atoms with Gasteiger partial charge in [-0.1, -0.05) is 30.3 Å². The molecule has 4 nitrogen and oxygen atoms in total. The lowest BCUT2D eigenvalue weighted by atomic mass is 10.0. The van der Waals surface area contributed by atoms with Crippen LogP contribution in [0.15, 0.2) is 59.5 Å². The number of aromatic amines is 1. The van der Waals surface area contributed by atoms with E-state index in [2.05, 4.69) is 35.3 Å². The van der Waals surface area contributed by atoms with Crippen LogP contribution in [0.2, 0.25) is 0 Å². The summed E-state index contributed by atoms with van der Waals surface area (Å²) >= 11 is 0. The molecule has 3 aromatic rings. The molecule has 0 unspecified atom stereocenters. The van der Waals surface area contributed by atoms with E-state index in [9.17, 15) is 4.79 Å². The molecule has 4 rings (SSSR count). The van der Waals surface area contributed by atoms with Crippen molar-refractivity contribution in [3.8, 4) is 5.75 Å². The number of benzene rings is 2. The quantitative estimate of drug-likeness (QED) is 0.547. The van der Waals surface area contributed by atoms with Crippen molar-refractivity contribution in [3.63, 3.8) is 0 Å². The summed E-state index contributed by atoms with van der Waals surface area (Å²) in [5.74, 6) is 0.870. The second-order valence-corrected chi connectivity index (χ2v) is 8.53. The molecule has 0 radical (unpaired) electrons. The summed E-state index contributed by atoms with van der Waals surface area (Å²) in [5, 5.41) is 1.62. The Labute approximate surface area is 172 Å². The number of pyridine rings is 1. The summed E-state index contributed by atoms with van der Waals surface area (Å²) in [6, 6.07) is 16.4. The Morgan fingerprint density at radius 1 is 1.14 bits per heavy atom. The van der Waals surface area contributed by atoms with Gasteiger partial charge in [-0.3, -0.25) is 4.79 Å². The molecule has 0 spiro atoms. The number of aromatic nitrogens is 1. The number of rotatable bonds is 9. The molecular weight excluding hydrogens is 360 g/mol. The van der Waals surface area contributed by atoms with Crippen molar-refractivity contribution in [1.29, 1.82) is 0 Å². The number of H-pyrrole nitrogens is 1. The SMILES string of the molecule is Cc1cc2c(=O)[nH]ccc2cc1O[C@H](CCCc1ccccc1)CCC1(N)CC1. The topological polar surface area (TPSA) is 68.1 Å². The predicted octanol–water partition coefficient (Wildman–Crippen LogP) is 4.88. The van der Waals surface area contributed by atoms with E-state index in [0.29, 0.717) is 5.39 Å². The second kappa shape index (κ2) is 8.42. The lowest BCUT2D eigenvalue weighted by Crippen LogP contribution is -2.26. The molecule has 3 N–H and O–H groups in total. The Bertz CT molecular complexity index is 1020. The Morgan fingerprint density at radius 3 is 2.69 bits per heavy atom. The lowest BCUT2D eigenvalue weighted by molar-refractivity contribution is 0.170. The van der Waals surface area contributed by atoms with Crippen LogP contribution >= 0.6 is 0 Å². The first-order valence-corrected chi connectivity index (χ1v) is 10.6. The molecule has 1 aromatic heterocycles. The van der Waals surface area contributed by atoms with Gasteiger partial charge in [-0.2, -0.15) is 0 Å². The van der Waals surface area contributed by atoms with Crippen molar-refractivity contribution < 1.29 is 4.74 Å². The zero-order valence-electron chi connectivity index (χ0n) is 17.1. The van der Waals surface area contributed by atoms with Gasteiger partial charge in [0.15, 0.2) is 0 Å². The van der Waals surface area contributed by atoms with E-state index < -0.39 is 0 Å². The van der Waals surface area contributed by atoms with Gasteiger partial charge >= 0.3 is 0 Å². The van der Waals surface area contributed by atoms with Gasteiger partial charge in [0.2, 0.25) is 0 Å². The highest BCUT2D eigenvalue weighted by Crippen LogP contribution is 2.38. The highest BCUT2D eigenvalue weighted by atomic mass is 16.5. The third-order valence-electron chi connectivity index (χ3n) is 6.05. The third-order valence-corrected chi connectivity index (χ3v) is 6.05. The highest BCUT2D eigenvalue weighted by Gasteiger charge is 2.38. The molecule has 0 saturated heterocycles. The standard InChI is InChI=1S/C25H30N2O2/c1-18-16-22-20(11-15-27-24(22)28)17-23(18)29-21(10-12-25(26)13-14-25)9-5-8-19-6-3-2-4-7-19/h2-4,6-7,11,15-17,21H,5,8-10,12-14,26H2,1H3,(H,27,28)/t21-/m1/s1. The summed E-state index contributed by atoms with van der Waals surface area (Å²) in [7, 11) is 0.